The quantitative estimate of drug-likeness (QED) is 0.409. The normalized spacial score (nSPS) is 11.1. The van der Waals surface area contributed by atoms with E-state index >= 15 is 0 Å². The maximum absolute atomic E-state index is 4.46. The topological polar surface area (TPSA) is 87.2 Å². The van der Waals surface area contributed by atoms with Crippen LogP contribution in [0.2, 0.25) is 0 Å². The summed E-state index contributed by atoms with van der Waals surface area (Å²) in [6.45, 7) is 4.14. The number of nitrogens with zero attached hydrogens (tertiary/aromatic N) is 8. The van der Waals surface area contributed by atoms with Crippen molar-refractivity contribution in [1.29, 1.82) is 0 Å². The third kappa shape index (κ3) is 3.45. The molecular weight excluding hydrogens is 400 g/mol. The molecule has 0 fully saturated rings. The van der Waals surface area contributed by atoms with Gasteiger partial charge in [0.25, 0.3) is 0 Å². The van der Waals surface area contributed by atoms with Crippen molar-refractivity contribution >= 4 is 0 Å². The van der Waals surface area contributed by atoms with E-state index in [0.717, 1.165) is 58.9 Å². The first-order chi connectivity index (χ1) is 15.8. The van der Waals surface area contributed by atoms with Gasteiger partial charge < -0.3 is 0 Å². The van der Waals surface area contributed by atoms with Gasteiger partial charge in [0.2, 0.25) is 0 Å². The van der Waals surface area contributed by atoms with E-state index in [1.54, 1.807) is 12.4 Å². The molecule has 0 radical (unpaired) electrons. The Morgan fingerprint density at radius 3 is 1.34 bits per heavy atom. The lowest BCUT2D eigenvalue weighted by molar-refractivity contribution is 0.875. The second kappa shape index (κ2) is 8.50. The van der Waals surface area contributed by atoms with Gasteiger partial charge in [-0.15, -0.1) is 20.4 Å². The van der Waals surface area contributed by atoms with Crippen LogP contribution in [0.15, 0.2) is 73.1 Å². The predicted octanol–water partition coefficient (Wildman–Crippen LogP) is 4.10. The Balaban J connectivity index is 1.59. The number of benzene rings is 1. The second-order valence-corrected chi connectivity index (χ2v) is 7.20. The summed E-state index contributed by atoms with van der Waals surface area (Å²) in [7, 11) is 0. The fourth-order valence-corrected chi connectivity index (χ4v) is 3.71. The molecule has 0 amide bonds. The van der Waals surface area contributed by atoms with E-state index in [1.807, 2.05) is 36.4 Å². The molecule has 0 spiro atoms. The van der Waals surface area contributed by atoms with Gasteiger partial charge in [0.1, 0.15) is 23.0 Å². The number of hydrogen-bond acceptors (Lipinski definition) is 6. The van der Waals surface area contributed by atoms with E-state index in [0.29, 0.717) is 0 Å². The minimum absolute atomic E-state index is 0.725. The maximum Gasteiger partial charge on any atom is 0.187 e. The average Bonchev–Trinajstić information content (AvgIpc) is 3.49. The molecule has 0 unspecified atom stereocenters. The molecule has 5 rings (SSSR count). The number of rotatable bonds is 6. The highest BCUT2D eigenvalue weighted by Gasteiger charge is 2.18. The van der Waals surface area contributed by atoms with Gasteiger partial charge in [0.15, 0.2) is 11.6 Å². The van der Waals surface area contributed by atoms with E-state index in [9.17, 15) is 0 Å². The van der Waals surface area contributed by atoms with Gasteiger partial charge in [-0.25, -0.2) is 0 Å². The molecule has 0 aliphatic heterocycles. The van der Waals surface area contributed by atoms with E-state index in [-0.39, 0.29) is 0 Å². The Bertz CT molecular complexity index is 1220. The van der Waals surface area contributed by atoms with Crippen molar-refractivity contribution in [2.24, 2.45) is 0 Å². The van der Waals surface area contributed by atoms with Gasteiger partial charge >= 0.3 is 0 Å². The van der Waals surface area contributed by atoms with Crippen LogP contribution in [0.1, 0.15) is 25.5 Å². The molecule has 0 N–H and O–H groups in total. The molecule has 4 heterocycles. The van der Waals surface area contributed by atoms with E-state index in [4.69, 9.17) is 0 Å². The standard InChI is InChI=1S/C24H22N8/c1-3-21-27-29-23(19-9-5-7-15-25-19)31(21)17-11-13-18(14-12-17)32-22(4-2)28-30-24(32)20-10-6-8-16-26-20/h5-16H,3-4H2,1-2H3. The summed E-state index contributed by atoms with van der Waals surface area (Å²) < 4.78 is 4.11. The molecule has 8 nitrogen and oxygen atoms in total. The third-order valence-corrected chi connectivity index (χ3v) is 5.25. The highest BCUT2D eigenvalue weighted by Crippen LogP contribution is 2.25. The molecule has 0 saturated heterocycles. The van der Waals surface area contributed by atoms with Crippen LogP contribution in [0.25, 0.3) is 34.4 Å². The molecule has 1 aromatic carbocycles. The van der Waals surface area contributed by atoms with Crippen LogP contribution in [-0.4, -0.2) is 39.5 Å². The first-order valence-electron chi connectivity index (χ1n) is 10.6. The van der Waals surface area contributed by atoms with Gasteiger partial charge in [-0.05, 0) is 48.5 Å². The molecule has 0 saturated carbocycles. The second-order valence-electron chi connectivity index (χ2n) is 7.20. The number of hydrogen-bond donors (Lipinski definition) is 0. The van der Waals surface area contributed by atoms with Crippen molar-refractivity contribution in [2.45, 2.75) is 26.7 Å². The predicted molar refractivity (Wildman–Crippen MR) is 121 cm³/mol. The minimum Gasteiger partial charge on any atom is -0.278 e. The number of pyridine rings is 2. The molecule has 8 heteroatoms. The third-order valence-electron chi connectivity index (χ3n) is 5.25. The molecular formula is C24H22N8. The Morgan fingerprint density at radius 2 is 1.00 bits per heavy atom. The van der Waals surface area contributed by atoms with Crippen LogP contribution in [0.3, 0.4) is 0 Å². The summed E-state index contributed by atoms with van der Waals surface area (Å²) in [6, 6.07) is 19.8. The summed E-state index contributed by atoms with van der Waals surface area (Å²) in [6.07, 6.45) is 5.05. The van der Waals surface area contributed by atoms with Crippen LogP contribution in [-0.2, 0) is 12.8 Å². The SMILES string of the molecule is CCc1nnc(-c2ccccn2)n1-c1ccc(-n2c(CC)nnc2-c2ccccn2)cc1. The van der Waals surface area contributed by atoms with Crippen LogP contribution in [0.5, 0.6) is 0 Å². The van der Waals surface area contributed by atoms with Gasteiger partial charge in [-0.3, -0.25) is 19.1 Å². The highest BCUT2D eigenvalue weighted by atomic mass is 15.3. The van der Waals surface area contributed by atoms with Gasteiger partial charge in [-0.1, -0.05) is 26.0 Å². The first kappa shape index (κ1) is 19.7. The number of aromatic nitrogens is 8. The fraction of sp³-hybridized carbons (Fsp3) is 0.167. The van der Waals surface area contributed by atoms with Crippen molar-refractivity contribution in [2.75, 3.05) is 0 Å². The van der Waals surface area contributed by atoms with Crippen molar-refractivity contribution in [3.8, 4) is 34.4 Å². The first-order valence-corrected chi connectivity index (χ1v) is 10.6. The molecule has 158 valence electrons. The van der Waals surface area contributed by atoms with E-state index in [2.05, 4.69) is 77.6 Å². The summed E-state index contributed by atoms with van der Waals surface area (Å²) in [5, 5.41) is 17.6. The Labute approximate surface area is 185 Å². The summed E-state index contributed by atoms with van der Waals surface area (Å²) >= 11 is 0. The zero-order valence-corrected chi connectivity index (χ0v) is 17.9. The van der Waals surface area contributed by atoms with Crippen molar-refractivity contribution in [3.63, 3.8) is 0 Å². The Hall–Kier alpha value is -4.20. The monoisotopic (exact) mass is 422 g/mol. The van der Waals surface area contributed by atoms with Gasteiger partial charge in [-0.2, -0.15) is 0 Å². The molecule has 4 aromatic heterocycles. The van der Waals surface area contributed by atoms with E-state index < -0.39 is 0 Å². The Morgan fingerprint density at radius 1 is 0.562 bits per heavy atom. The lowest BCUT2D eigenvalue weighted by atomic mass is 10.2. The Kier molecular flexibility index (Phi) is 5.25. The molecule has 32 heavy (non-hydrogen) atoms. The van der Waals surface area contributed by atoms with Crippen LogP contribution in [0, 0.1) is 0 Å². The molecule has 0 aliphatic rings. The smallest absolute Gasteiger partial charge is 0.187 e. The van der Waals surface area contributed by atoms with Gasteiger partial charge in [0, 0.05) is 36.6 Å². The van der Waals surface area contributed by atoms with Crippen molar-refractivity contribution < 1.29 is 0 Å². The summed E-state index contributed by atoms with van der Waals surface area (Å²) in [4.78, 5) is 8.92. The molecule has 0 aliphatic carbocycles. The maximum atomic E-state index is 4.46. The van der Waals surface area contributed by atoms with E-state index in [1.165, 1.54) is 0 Å². The molecule has 5 aromatic rings. The lowest BCUT2D eigenvalue weighted by Gasteiger charge is -2.13. The fourth-order valence-electron chi connectivity index (χ4n) is 3.71. The summed E-state index contributed by atoms with van der Waals surface area (Å²) in [5.41, 5.74) is 3.52. The lowest BCUT2D eigenvalue weighted by Crippen LogP contribution is -2.05. The number of aryl methyl sites for hydroxylation is 2. The zero-order chi connectivity index (χ0) is 21.9. The van der Waals surface area contributed by atoms with Crippen LogP contribution in [0.4, 0.5) is 0 Å². The largest absolute Gasteiger partial charge is 0.278 e. The zero-order valence-electron chi connectivity index (χ0n) is 17.9. The molecule has 0 bridgehead atoms. The minimum atomic E-state index is 0.725. The molecule has 0 atom stereocenters. The average molecular weight is 422 g/mol. The highest BCUT2D eigenvalue weighted by molar-refractivity contribution is 5.57. The van der Waals surface area contributed by atoms with Crippen molar-refractivity contribution in [1.82, 2.24) is 39.5 Å². The summed E-state index contributed by atoms with van der Waals surface area (Å²) in [5.74, 6) is 3.21. The van der Waals surface area contributed by atoms with Crippen LogP contribution < -0.4 is 0 Å². The van der Waals surface area contributed by atoms with Gasteiger partial charge in [0.05, 0.1) is 0 Å². The van der Waals surface area contributed by atoms with Crippen LogP contribution >= 0.6 is 0 Å². The van der Waals surface area contributed by atoms with Crippen molar-refractivity contribution in [3.05, 3.63) is 84.7 Å².